The average molecular weight is 272 g/mol. The van der Waals surface area contributed by atoms with Crippen LogP contribution in [0.1, 0.15) is 12.8 Å². The Kier molecular flexibility index (Phi) is 3.58. The van der Waals surface area contributed by atoms with Crippen LogP contribution in [0.25, 0.3) is 0 Å². The van der Waals surface area contributed by atoms with E-state index in [2.05, 4.69) is 25.3 Å². The van der Waals surface area contributed by atoms with Crippen LogP contribution in [0.4, 0.5) is 11.6 Å². The van der Waals surface area contributed by atoms with Crippen molar-refractivity contribution in [2.24, 2.45) is 0 Å². The molecule has 0 saturated carbocycles. The summed E-state index contributed by atoms with van der Waals surface area (Å²) in [5, 5.41) is 6.76. The lowest BCUT2D eigenvalue weighted by atomic mass is 10.4. The predicted molar refractivity (Wildman–Crippen MR) is 74.3 cm³/mol. The summed E-state index contributed by atoms with van der Waals surface area (Å²) < 4.78 is 1.57. The zero-order chi connectivity index (χ0) is 13.8. The van der Waals surface area contributed by atoms with Crippen LogP contribution in [0, 0.1) is 0 Å². The fourth-order valence-electron chi connectivity index (χ4n) is 2.26. The Labute approximate surface area is 116 Å². The van der Waals surface area contributed by atoms with E-state index >= 15 is 0 Å². The molecule has 20 heavy (non-hydrogen) atoms. The van der Waals surface area contributed by atoms with Crippen LogP contribution in [0.2, 0.25) is 0 Å². The fourth-order valence-corrected chi connectivity index (χ4v) is 2.26. The fraction of sp³-hybridized carbons (Fsp3) is 0.385. The van der Waals surface area contributed by atoms with E-state index in [0.29, 0.717) is 5.82 Å². The van der Waals surface area contributed by atoms with E-state index in [0.717, 1.165) is 18.9 Å². The number of amides is 1. The summed E-state index contributed by atoms with van der Waals surface area (Å²) in [7, 11) is 0. The smallest absolute Gasteiger partial charge is 0.247 e. The van der Waals surface area contributed by atoms with Crippen LogP contribution in [-0.2, 0) is 11.3 Å². The minimum Gasteiger partial charge on any atom is -0.356 e. The number of hydrogen-bond donors (Lipinski definition) is 1. The molecule has 1 fully saturated rings. The summed E-state index contributed by atoms with van der Waals surface area (Å²) in [6, 6.07) is 3.59. The molecule has 0 bridgehead atoms. The monoisotopic (exact) mass is 272 g/mol. The van der Waals surface area contributed by atoms with Crippen molar-refractivity contribution in [2.45, 2.75) is 19.4 Å². The van der Waals surface area contributed by atoms with E-state index < -0.39 is 0 Å². The van der Waals surface area contributed by atoms with Crippen molar-refractivity contribution in [1.82, 2.24) is 19.7 Å². The molecule has 7 heteroatoms. The number of carbonyl (C=O) groups is 1. The van der Waals surface area contributed by atoms with Crippen molar-refractivity contribution in [1.29, 1.82) is 0 Å². The van der Waals surface area contributed by atoms with Gasteiger partial charge in [-0.05, 0) is 18.9 Å². The second-order valence-electron chi connectivity index (χ2n) is 4.71. The molecule has 1 aliphatic heterocycles. The number of aromatic nitrogens is 4. The first kappa shape index (κ1) is 12.6. The van der Waals surface area contributed by atoms with Crippen LogP contribution in [0.15, 0.2) is 30.9 Å². The van der Waals surface area contributed by atoms with Crippen LogP contribution in [0.3, 0.4) is 0 Å². The van der Waals surface area contributed by atoms with Crippen LogP contribution >= 0.6 is 0 Å². The quantitative estimate of drug-likeness (QED) is 0.895. The highest BCUT2D eigenvalue weighted by molar-refractivity contribution is 5.89. The first-order valence-corrected chi connectivity index (χ1v) is 6.65. The van der Waals surface area contributed by atoms with Crippen molar-refractivity contribution >= 4 is 17.5 Å². The normalized spacial score (nSPS) is 14.5. The average Bonchev–Trinajstić information content (AvgIpc) is 3.11. The topological polar surface area (TPSA) is 75.9 Å². The number of nitrogens with zero attached hydrogens (tertiary/aromatic N) is 5. The van der Waals surface area contributed by atoms with Gasteiger partial charge in [0.25, 0.3) is 0 Å². The van der Waals surface area contributed by atoms with Gasteiger partial charge >= 0.3 is 0 Å². The third-order valence-electron chi connectivity index (χ3n) is 3.21. The standard InChI is InChI=1S/C13H16N6O/c20-13(9-19-7-3-4-16-19)17-11-8-12(15-10-14-11)18-5-1-2-6-18/h3-4,7-8,10H,1-2,5-6,9H2,(H,14,15,17,20). The third kappa shape index (κ3) is 2.93. The Balaban J connectivity index is 1.64. The molecule has 0 unspecified atom stereocenters. The van der Waals surface area contributed by atoms with E-state index in [1.165, 1.54) is 19.2 Å². The Morgan fingerprint density at radius 3 is 2.90 bits per heavy atom. The molecule has 0 atom stereocenters. The summed E-state index contributed by atoms with van der Waals surface area (Å²) in [5.74, 6) is 1.24. The van der Waals surface area contributed by atoms with Gasteiger partial charge in [0.15, 0.2) is 0 Å². The highest BCUT2D eigenvalue weighted by Crippen LogP contribution is 2.19. The Morgan fingerprint density at radius 2 is 2.15 bits per heavy atom. The van der Waals surface area contributed by atoms with Gasteiger partial charge in [-0.15, -0.1) is 0 Å². The molecular weight excluding hydrogens is 256 g/mol. The number of nitrogens with one attached hydrogen (secondary N) is 1. The SMILES string of the molecule is O=C(Cn1cccn1)Nc1cc(N2CCCC2)ncn1. The lowest BCUT2D eigenvalue weighted by molar-refractivity contribution is -0.116. The molecule has 1 aliphatic rings. The molecule has 2 aromatic heterocycles. The number of hydrogen-bond acceptors (Lipinski definition) is 5. The van der Waals surface area contributed by atoms with Crippen molar-refractivity contribution in [3.05, 3.63) is 30.9 Å². The van der Waals surface area contributed by atoms with Gasteiger partial charge in [-0.25, -0.2) is 9.97 Å². The second kappa shape index (κ2) is 5.68. The number of rotatable bonds is 4. The highest BCUT2D eigenvalue weighted by Gasteiger charge is 2.14. The molecule has 0 radical (unpaired) electrons. The van der Waals surface area contributed by atoms with Gasteiger partial charge in [0.05, 0.1) is 0 Å². The van der Waals surface area contributed by atoms with Gasteiger partial charge < -0.3 is 10.2 Å². The van der Waals surface area contributed by atoms with Crippen molar-refractivity contribution in [2.75, 3.05) is 23.3 Å². The first-order valence-electron chi connectivity index (χ1n) is 6.65. The predicted octanol–water partition coefficient (Wildman–Crippen LogP) is 0.912. The molecule has 1 N–H and O–H groups in total. The molecular formula is C13H16N6O. The van der Waals surface area contributed by atoms with Gasteiger partial charge in [-0.1, -0.05) is 0 Å². The van der Waals surface area contributed by atoms with Gasteiger partial charge in [0.1, 0.15) is 24.5 Å². The van der Waals surface area contributed by atoms with Gasteiger partial charge in [-0.3, -0.25) is 9.48 Å². The first-order chi connectivity index (χ1) is 9.81. The molecule has 1 amide bonds. The molecule has 2 aromatic rings. The largest absolute Gasteiger partial charge is 0.356 e. The number of carbonyl (C=O) groups excluding carboxylic acids is 1. The summed E-state index contributed by atoms with van der Waals surface area (Å²) in [5.41, 5.74) is 0. The highest BCUT2D eigenvalue weighted by atomic mass is 16.2. The summed E-state index contributed by atoms with van der Waals surface area (Å²) >= 11 is 0. The van der Waals surface area contributed by atoms with Crippen molar-refractivity contribution in [3.8, 4) is 0 Å². The Morgan fingerprint density at radius 1 is 1.30 bits per heavy atom. The van der Waals surface area contributed by atoms with E-state index in [1.54, 1.807) is 23.1 Å². The van der Waals surface area contributed by atoms with Crippen molar-refractivity contribution in [3.63, 3.8) is 0 Å². The maximum absolute atomic E-state index is 11.9. The molecule has 0 aliphatic carbocycles. The van der Waals surface area contributed by atoms with E-state index in [9.17, 15) is 4.79 Å². The number of anilines is 2. The van der Waals surface area contributed by atoms with E-state index in [1.807, 2.05) is 6.07 Å². The molecule has 0 spiro atoms. The minimum atomic E-state index is -0.153. The lowest BCUT2D eigenvalue weighted by Gasteiger charge is -2.16. The van der Waals surface area contributed by atoms with Gasteiger partial charge in [0.2, 0.25) is 5.91 Å². The third-order valence-corrected chi connectivity index (χ3v) is 3.21. The maximum Gasteiger partial charge on any atom is 0.247 e. The Bertz CT molecular complexity index is 576. The minimum absolute atomic E-state index is 0.153. The van der Waals surface area contributed by atoms with Crippen molar-refractivity contribution < 1.29 is 4.79 Å². The molecule has 0 aromatic carbocycles. The van der Waals surface area contributed by atoms with Crippen LogP contribution in [0.5, 0.6) is 0 Å². The zero-order valence-electron chi connectivity index (χ0n) is 11.1. The molecule has 7 nitrogen and oxygen atoms in total. The summed E-state index contributed by atoms with van der Waals surface area (Å²) in [6.07, 6.45) is 7.24. The molecule has 104 valence electrons. The lowest BCUT2D eigenvalue weighted by Crippen LogP contribution is -2.22. The van der Waals surface area contributed by atoms with Crippen LogP contribution in [-0.4, -0.2) is 38.7 Å². The molecule has 1 saturated heterocycles. The zero-order valence-corrected chi connectivity index (χ0v) is 11.1. The summed E-state index contributed by atoms with van der Waals surface area (Å²) in [4.78, 5) is 22.4. The maximum atomic E-state index is 11.9. The van der Waals surface area contributed by atoms with Crippen LogP contribution < -0.4 is 10.2 Å². The van der Waals surface area contributed by atoms with Gasteiger partial charge in [0, 0.05) is 31.5 Å². The second-order valence-corrected chi connectivity index (χ2v) is 4.71. The molecule has 3 heterocycles. The van der Waals surface area contributed by atoms with Gasteiger partial charge in [-0.2, -0.15) is 5.10 Å². The molecule has 3 rings (SSSR count). The van der Waals surface area contributed by atoms with E-state index in [4.69, 9.17) is 0 Å². The van der Waals surface area contributed by atoms with E-state index in [-0.39, 0.29) is 12.5 Å². The summed E-state index contributed by atoms with van der Waals surface area (Å²) in [6.45, 7) is 2.20. The Hall–Kier alpha value is -2.44.